The summed E-state index contributed by atoms with van der Waals surface area (Å²) in [7, 11) is 0. The van der Waals surface area contributed by atoms with Crippen LogP contribution in [0.15, 0.2) is 36.8 Å². The van der Waals surface area contributed by atoms with Crippen LogP contribution in [0, 0.1) is 5.92 Å². The first-order valence-electron chi connectivity index (χ1n) is 10.7. The number of hydrogen-bond acceptors (Lipinski definition) is 6. The number of benzene rings is 1. The smallest absolute Gasteiger partial charge is 0.261 e. The Morgan fingerprint density at radius 3 is 3.12 bits per heavy atom. The van der Waals surface area contributed by atoms with E-state index in [2.05, 4.69) is 20.7 Å². The van der Waals surface area contributed by atoms with Gasteiger partial charge in [0.25, 0.3) is 5.91 Å². The molecule has 1 aromatic carbocycles. The zero-order valence-electron chi connectivity index (χ0n) is 18.1. The third-order valence-corrected chi connectivity index (χ3v) is 5.76. The van der Waals surface area contributed by atoms with Crippen molar-refractivity contribution in [3.8, 4) is 11.5 Å². The van der Waals surface area contributed by atoms with E-state index in [9.17, 15) is 9.59 Å². The maximum Gasteiger partial charge on any atom is 0.261 e. The number of fused-ring (bicyclic) bond motifs is 2. The normalized spacial score (nSPS) is 19.2. The summed E-state index contributed by atoms with van der Waals surface area (Å²) in [4.78, 5) is 29.0. The Morgan fingerprint density at radius 1 is 1.41 bits per heavy atom. The predicted octanol–water partition coefficient (Wildman–Crippen LogP) is 2.60. The average Bonchev–Trinajstić information content (AvgIpc) is 3.31. The largest absolute Gasteiger partial charge is 0.491 e. The molecule has 1 atom stereocenters. The number of anilines is 1. The maximum absolute atomic E-state index is 13.1. The number of amides is 2. The number of aromatic nitrogens is 3. The monoisotopic (exact) mass is 435 g/mol. The summed E-state index contributed by atoms with van der Waals surface area (Å²) in [6.07, 6.45) is 6.88. The molecule has 0 spiro atoms. The van der Waals surface area contributed by atoms with E-state index in [1.54, 1.807) is 23.0 Å². The van der Waals surface area contributed by atoms with Gasteiger partial charge in [-0.2, -0.15) is 5.10 Å². The number of carbonyl (C=O) groups is 2. The molecule has 9 nitrogen and oxygen atoms in total. The Hall–Kier alpha value is -3.62. The summed E-state index contributed by atoms with van der Waals surface area (Å²) in [6.45, 7) is 5.09. The Bertz CT molecular complexity index is 1200. The minimum Gasteiger partial charge on any atom is -0.491 e. The second-order valence-electron chi connectivity index (χ2n) is 8.91. The number of ether oxygens (including phenoxy) is 2. The lowest BCUT2D eigenvalue weighted by Gasteiger charge is -2.23. The third-order valence-electron chi connectivity index (χ3n) is 5.76. The molecule has 2 aliphatic heterocycles. The van der Waals surface area contributed by atoms with E-state index in [4.69, 9.17) is 9.47 Å². The van der Waals surface area contributed by atoms with Crippen molar-refractivity contribution < 1.29 is 19.1 Å². The van der Waals surface area contributed by atoms with Crippen LogP contribution in [0.3, 0.4) is 0 Å². The Morgan fingerprint density at radius 2 is 2.28 bits per heavy atom. The van der Waals surface area contributed by atoms with Crippen LogP contribution >= 0.6 is 0 Å². The first kappa shape index (κ1) is 20.3. The molecule has 0 bridgehead atoms. The quantitative estimate of drug-likeness (QED) is 0.638. The fourth-order valence-corrected chi connectivity index (χ4v) is 4.23. The van der Waals surface area contributed by atoms with Crippen LogP contribution in [0.1, 0.15) is 42.6 Å². The van der Waals surface area contributed by atoms with E-state index in [0.29, 0.717) is 42.2 Å². The van der Waals surface area contributed by atoms with Crippen LogP contribution in [0.25, 0.3) is 5.65 Å². The molecule has 3 aromatic rings. The summed E-state index contributed by atoms with van der Waals surface area (Å²) >= 11 is 0. The number of hydrogen-bond donors (Lipinski definition) is 2. The highest BCUT2D eigenvalue weighted by molar-refractivity contribution is 6.08. The van der Waals surface area contributed by atoms with Crippen LogP contribution < -0.4 is 20.1 Å². The molecular formula is C23H25N5O4. The van der Waals surface area contributed by atoms with Crippen molar-refractivity contribution in [1.29, 1.82) is 0 Å². The lowest BCUT2D eigenvalue weighted by molar-refractivity contribution is -0.123. The topological polar surface area (TPSA) is 107 Å². The van der Waals surface area contributed by atoms with Crippen molar-refractivity contribution in [2.24, 2.45) is 5.92 Å². The fraction of sp³-hybridized carbons (Fsp3) is 0.391. The highest BCUT2D eigenvalue weighted by atomic mass is 16.5. The minimum atomic E-state index is -0.323. The first-order valence-corrected chi connectivity index (χ1v) is 10.7. The van der Waals surface area contributed by atoms with Crippen LogP contribution in [0.2, 0.25) is 0 Å². The van der Waals surface area contributed by atoms with Crippen molar-refractivity contribution in [2.45, 2.75) is 38.7 Å². The molecule has 166 valence electrons. The van der Waals surface area contributed by atoms with Crippen molar-refractivity contribution in [3.05, 3.63) is 47.9 Å². The van der Waals surface area contributed by atoms with Gasteiger partial charge in [-0.05, 0) is 32.4 Å². The highest BCUT2D eigenvalue weighted by Gasteiger charge is 2.32. The van der Waals surface area contributed by atoms with Gasteiger partial charge in [0, 0.05) is 49.3 Å². The van der Waals surface area contributed by atoms with Crippen molar-refractivity contribution in [1.82, 2.24) is 19.9 Å². The molecule has 0 radical (unpaired) electrons. The Balaban J connectivity index is 1.42. The Labute approximate surface area is 185 Å². The molecule has 9 heteroatoms. The highest BCUT2D eigenvalue weighted by Crippen LogP contribution is 2.41. The SMILES string of the molecule is CC1(C)Cc2cc(NC(=O)c3cnn4cccnc34)c(OC[C@H]3CCNC(=O)C3)cc2O1. The van der Waals surface area contributed by atoms with Crippen molar-refractivity contribution in [3.63, 3.8) is 0 Å². The second-order valence-corrected chi connectivity index (χ2v) is 8.91. The standard InChI is InChI=1S/C23H25N5O4/c1-23(2)11-15-9-17(27-22(30)16-12-26-28-7-3-5-25-21(16)28)19(10-18(15)32-23)31-13-14-4-6-24-20(29)8-14/h3,5,7,9-10,12,14H,4,6,8,11,13H2,1-2H3,(H,24,29)(H,27,30)/t14-/m0/s1. The van der Waals surface area contributed by atoms with E-state index in [0.717, 1.165) is 24.2 Å². The summed E-state index contributed by atoms with van der Waals surface area (Å²) in [5.41, 5.74) is 2.10. The number of piperidine rings is 1. The third kappa shape index (κ3) is 3.98. The van der Waals surface area contributed by atoms with Gasteiger partial charge in [-0.1, -0.05) is 0 Å². The van der Waals surface area contributed by atoms with E-state index in [-0.39, 0.29) is 23.3 Å². The van der Waals surface area contributed by atoms with Crippen LogP contribution in [0.5, 0.6) is 11.5 Å². The lowest BCUT2D eigenvalue weighted by Crippen LogP contribution is -2.35. The van der Waals surface area contributed by atoms with Gasteiger partial charge < -0.3 is 20.1 Å². The lowest BCUT2D eigenvalue weighted by atomic mass is 9.98. The van der Waals surface area contributed by atoms with Gasteiger partial charge in [0.15, 0.2) is 5.65 Å². The van der Waals surface area contributed by atoms with Gasteiger partial charge >= 0.3 is 0 Å². The van der Waals surface area contributed by atoms with E-state index < -0.39 is 0 Å². The molecule has 2 N–H and O–H groups in total. The molecule has 4 heterocycles. The number of rotatable bonds is 5. The zero-order chi connectivity index (χ0) is 22.3. The van der Waals surface area contributed by atoms with Crippen LogP contribution in [-0.4, -0.2) is 45.2 Å². The van der Waals surface area contributed by atoms with E-state index in [1.807, 2.05) is 26.0 Å². The van der Waals surface area contributed by atoms with Gasteiger partial charge in [-0.3, -0.25) is 9.59 Å². The molecule has 0 aliphatic carbocycles. The molecule has 1 saturated heterocycles. The molecule has 5 rings (SSSR count). The Kier molecular flexibility index (Phi) is 4.96. The minimum absolute atomic E-state index is 0.0398. The van der Waals surface area contributed by atoms with Crippen molar-refractivity contribution in [2.75, 3.05) is 18.5 Å². The molecule has 0 unspecified atom stereocenters. The zero-order valence-corrected chi connectivity index (χ0v) is 18.1. The fourth-order valence-electron chi connectivity index (χ4n) is 4.23. The molecule has 1 fully saturated rings. The average molecular weight is 435 g/mol. The predicted molar refractivity (Wildman–Crippen MR) is 117 cm³/mol. The molecule has 2 aromatic heterocycles. The molecule has 2 amide bonds. The summed E-state index contributed by atoms with van der Waals surface area (Å²) < 4.78 is 13.7. The molecule has 32 heavy (non-hydrogen) atoms. The van der Waals surface area contributed by atoms with Crippen molar-refractivity contribution >= 4 is 23.1 Å². The number of nitrogens with one attached hydrogen (secondary N) is 2. The van der Waals surface area contributed by atoms with Gasteiger partial charge in [-0.25, -0.2) is 9.50 Å². The number of carbonyl (C=O) groups excluding carboxylic acids is 2. The summed E-state index contributed by atoms with van der Waals surface area (Å²) in [6, 6.07) is 5.49. The van der Waals surface area contributed by atoms with E-state index in [1.165, 1.54) is 6.20 Å². The van der Waals surface area contributed by atoms with Crippen LogP contribution in [-0.2, 0) is 11.2 Å². The summed E-state index contributed by atoms with van der Waals surface area (Å²) in [5, 5.41) is 9.99. The van der Waals surface area contributed by atoms with Gasteiger partial charge in [-0.15, -0.1) is 0 Å². The van der Waals surface area contributed by atoms with E-state index >= 15 is 0 Å². The van der Waals surface area contributed by atoms with Crippen LogP contribution in [0.4, 0.5) is 5.69 Å². The van der Waals surface area contributed by atoms with Gasteiger partial charge in [0.1, 0.15) is 22.7 Å². The maximum atomic E-state index is 13.1. The second kappa shape index (κ2) is 7.81. The molecular weight excluding hydrogens is 410 g/mol. The first-order chi connectivity index (χ1) is 15.4. The molecule has 2 aliphatic rings. The molecule has 0 saturated carbocycles. The van der Waals surface area contributed by atoms with Gasteiger partial charge in [0.05, 0.1) is 18.5 Å². The number of nitrogens with zero attached hydrogens (tertiary/aromatic N) is 3. The van der Waals surface area contributed by atoms with Gasteiger partial charge in [0.2, 0.25) is 5.91 Å². The summed E-state index contributed by atoms with van der Waals surface area (Å²) in [5.74, 6) is 1.12.